The van der Waals surface area contributed by atoms with Crippen molar-refractivity contribution in [2.45, 2.75) is 32.8 Å². The van der Waals surface area contributed by atoms with E-state index in [0.717, 1.165) is 24.8 Å². The van der Waals surface area contributed by atoms with E-state index in [2.05, 4.69) is 16.9 Å². The van der Waals surface area contributed by atoms with Crippen LogP contribution in [-0.2, 0) is 24.2 Å². The molecule has 0 saturated heterocycles. The number of rotatable bonds is 3. The molecule has 0 amide bonds. The minimum atomic E-state index is -0.535. The highest BCUT2D eigenvalue weighted by atomic mass is 32.1. The number of aromatic nitrogens is 2. The van der Waals surface area contributed by atoms with Gasteiger partial charge in [-0.25, -0.2) is 9.78 Å². The monoisotopic (exact) mass is 370 g/mol. The van der Waals surface area contributed by atoms with Gasteiger partial charge in [-0.2, -0.15) is 0 Å². The number of esters is 1. The van der Waals surface area contributed by atoms with Crippen LogP contribution in [0.15, 0.2) is 29.1 Å². The summed E-state index contributed by atoms with van der Waals surface area (Å²) in [5, 5.41) is 9.95. The van der Waals surface area contributed by atoms with Crippen molar-refractivity contribution in [1.82, 2.24) is 9.97 Å². The maximum atomic E-state index is 12.5. The number of aromatic amines is 1. The number of aromatic hydroxyl groups is 1. The molecule has 2 heterocycles. The van der Waals surface area contributed by atoms with Gasteiger partial charge in [0.2, 0.25) is 0 Å². The molecule has 0 unspecified atom stereocenters. The Labute approximate surface area is 153 Å². The van der Waals surface area contributed by atoms with E-state index in [0.29, 0.717) is 27.5 Å². The van der Waals surface area contributed by atoms with Gasteiger partial charge >= 0.3 is 5.97 Å². The van der Waals surface area contributed by atoms with Crippen LogP contribution in [0, 0.1) is 5.92 Å². The average molecular weight is 370 g/mol. The number of carbonyl (C=O) groups is 1. The number of H-pyrrole nitrogens is 1. The molecule has 2 N–H and O–H groups in total. The fraction of sp³-hybridized carbons (Fsp3) is 0.316. The lowest BCUT2D eigenvalue weighted by molar-refractivity contribution is 0.0462. The first-order valence-electron chi connectivity index (χ1n) is 8.51. The molecule has 7 heteroatoms. The second-order valence-corrected chi connectivity index (χ2v) is 7.75. The van der Waals surface area contributed by atoms with Crippen LogP contribution in [0.4, 0.5) is 0 Å². The van der Waals surface area contributed by atoms with Crippen LogP contribution in [0.1, 0.15) is 40.0 Å². The topological polar surface area (TPSA) is 92.3 Å². The number of hydrogen-bond acceptors (Lipinski definition) is 6. The molecule has 2 aromatic heterocycles. The number of nitrogens with one attached hydrogen (secondary N) is 1. The molecule has 134 valence electrons. The molecule has 3 aromatic rings. The first-order valence-corrected chi connectivity index (χ1v) is 9.32. The lowest BCUT2D eigenvalue weighted by Gasteiger charge is -2.17. The molecule has 0 aliphatic heterocycles. The fourth-order valence-electron chi connectivity index (χ4n) is 3.28. The number of hydrogen-bond donors (Lipinski definition) is 2. The zero-order chi connectivity index (χ0) is 18.3. The normalized spacial score (nSPS) is 16.4. The molecule has 1 atom stereocenters. The molecule has 0 bridgehead atoms. The third-order valence-corrected chi connectivity index (χ3v) is 5.81. The summed E-state index contributed by atoms with van der Waals surface area (Å²) in [4.78, 5) is 33.7. The quantitative estimate of drug-likeness (QED) is 0.691. The molecule has 0 saturated carbocycles. The summed E-state index contributed by atoms with van der Waals surface area (Å²) in [5.41, 5.74) is 1.29. The molecule has 0 fully saturated rings. The number of benzene rings is 1. The molecule has 0 spiro atoms. The van der Waals surface area contributed by atoms with Crippen LogP contribution in [0.25, 0.3) is 10.2 Å². The van der Waals surface area contributed by atoms with E-state index in [1.54, 1.807) is 11.3 Å². The number of fused-ring (bicyclic) bond motifs is 3. The smallest absolute Gasteiger partial charge is 0.338 e. The molecular formula is C19H18N2O4S. The maximum Gasteiger partial charge on any atom is 0.338 e. The van der Waals surface area contributed by atoms with Gasteiger partial charge in [-0.15, -0.1) is 11.3 Å². The number of carbonyl (C=O) groups excluding carboxylic acids is 1. The van der Waals surface area contributed by atoms with Gasteiger partial charge < -0.3 is 14.8 Å². The summed E-state index contributed by atoms with van der Waals surface area (Å²) < 4.78 is 5.23. The number of nitrogens with zero attached hydrogens (tertiary/aromatic N) is 1. The Morgan fingerprint density at radius 3 is 2.92 bits per heavy atom. The van der Waals surface area contributed by atoms with Crippen molar-refractivity contribution in [3.8, 4) is 5.75 Å². The molecule has 1 aliphatic rings. The fourth-order valence-corrected chi connectivity index (χ4v) is 4.68. The van der Waals surface area contributed by atoms with Gasteiger partial charge in [0, 0.05) is 4.88 Å². The van der Waals surface area contributed by atoms with E-state index >= 15 is 0 Å². The third-order valence-electron chi connectivity index (χ3n) is 4.66. The molecule has 4 rings (SSSR count). The largest absolute Gasteiger partial charge is 0.508 e. The number of aryl methyl sites for hydroxylation is 1. The van der Waals surface area contributed by atoms with Crippen molar-refractivity contribution >= 4 is 27.5 Å². The molecule has 0 radical (unpaired) electrons. The number of phenols is 1. The summed E-state index contributed by atoms with van der Waals surface area (Å²) in [6, 6.07) is 5.79. The Morgan fingerprint density at radius 2 is 2.15 bits per heavy atom. The first kappa shape index (κ1) is 16.8. The number of thiophene rings is 1. The second-order valence-electron chi connectivity index (χ2n) is 6.67. The summed E-state index contributed by atoms with van der Waals surface area (Å²) in [6.07, 6.45) is 2.99. The van der Waals surface area contributed by atoms with E-state index < -0.39 is 5.97 Å². The second kappa shape index (κ2) is 6.57. The number of phenolic OH excluding ortho intramolecular Hbond substituents is 1. The van der Waals surface area contributed by atoms with Crippen molar-refractivity contribution in [3.05, 3.63) is 56.4 Å². The van der Waals surface area contributed by atoms with Gasteiger partial charge in [0.15, 0.2) is 0 Å². The highest BCUT2D eigenvalue weighted by Gasteiger charge is 2.23. The van der Waals surface area contributed by atoms with Crippen LogP contribution in [0.2, 0.25) is 0 Å². The lowest BCUT2D eigenvalue weighted by atomic mass is 9.89. The minimum absolute atomic E-state index is 0.0778. The van der Waals surface area contributed by atoms with Crippen LogP contribution < -0.4 is 5.56 Å². The third kappa shape index (κ3) is 3.10. The number of ether oxygens (including phenoxy) is 1. The van der Waals surface area contributed by atoms with Gasteiger partial charge in [0.25, 0.3) is 5.56 Å². The molecular weight excluding hydrogens is 352 g/mol. The predicted octanol–water partition coefficient (Wildman–Crippen LogP) is 3.17. The lowest BCUT2D eigenvalue weighted by Crippen LogP contribution is -2.16. The zero-order valence-electron chi connectivity index (χ0n) is 14.2. The van der Waals surface area contributed by atoms with Gasteiger partial charge in [-0.3, -0.25) is 4.79 Å². The van der Waals surface area contributed by atoms with Crippen LogP contribution in [-0.4, -0.2) is 21.0 Å². The van der Waals surface area contributed by atoms with Crippen LogP contribution in [0.5, 0.6) is 5.75 Å². The Bertz CT molecular complexity index is 1040. The van der Waals surface area contributed by atoms with E-state index in [-0.39, 0.29) is 17.9 Å². The Balaban J connectivity index is 1.57. The molecule has 26 heavy (non-hydrogen) atoms. The minimum Gasteiger partial charge on any atom is -0.508 e. The summed E-state index contributed by atoms with van der Waals surface area (Å²) in [5.74, 6) is 0.502. The summed E-state index contributed by atoms with van der Waals surface area (Å²) >= 11 is 1.56. The molecule has 6 nitrogen and oxygen atoms in total. The van der Waals surface area contributed by atoms with Crippen molar-refractivity contribution < 1.29 is 14.6 Å². The van der Waals surface area contributed by atoms with Gasteiger partial charge in [-0.1, -0.05) is 6.92 Å². The van der Waals surface area contributed by atoms with Crippen LogP contribution in [0.3, 0.4) is 0 Å². The highest BCUT2D eigenvalue weighted by molar-refractivity contribution is 7.18. The van der Waals surface area contributed by atoms with Crippen molar-refractivity contribution in [2.24, 2.45) is 5.92 Å². The average Bonchev–Trinajstić information content (AvgIpc) is 2.98. The van der Waals surface area contributed by atoms with E-state index in [1.165, 1.54) is 29.1 Å². The predicted molar refractivity (Wildman–Crippen MR) is 98.7 cm³/mol. The summed E-state index contributed by atoms with van der Waals surface area (Å²) in [6.45, 7) is 2.11. The van der Waals surface area contributed by atoms with Crippen molar-refractivity contribution in [2.75, 3.05) is 0 Å². The van der Waals surface area contributed by atoms with Crippen LogP contribution >= 0.6 is 11.3 Å². The first-order chi connectivity index (χ1) is 12.5. The highest BCUT2D eigenvalue weighted by Crippen LogP contribution is 2.35. The van der Waals surface area contributed by atoms with Gasteiger partial charge in [-0.05, 0) is 55.0 Å². The zero-order valence-corrected chi connectivity index (χ0v) is 15.1. The van der Waals surface area contributed by atoms with Crippen molar-refractivity contribution in [3.63, 3.8) is 0 Å². The summed E-state index contributed by atoms with van der Waals surface area (Å²) in [7, 11) is 0. The van der Waals surface area contributed by atoms with E-state index in [1.807, 2.05) is 0 Å². The van der Waals surface area contributed by atoms with E-state index in [4.69, 9.17) is 4.74 Å². The maximum absolute atomic E-state index is 12.5. The van der Waals surface area contributed by atoms with Gasteiger partial charge in [0.05, 0.1) is 10.9 Å². The molecule has 1 aromatic carbocycles. The standard InChI is InChI=1S/C19H18N2O4S/c1-10-2-7-13-14(8-10)26-18-16(13)17(23)20-15(21-18)9-25-19(24)11-3-5-12(22)6-4-11/h3-6,10,22H,2,7-9H2,1H3,(H,20,21,23)/t10-/m0/s1. The van der Waals surface area contributed by atoms with E-state index in [9.17, 15) is 14.7 Å². The SMILES string of the molecule is C[C@H]1CCc2c(sc3nc(COC(=O)c4ccc(O)cc4)[nH]c(=O)c23)C1. The van der Waals surface area contributed by atoms with Gasteiger partial charge in [0.1, 0.15) is 23.0 Å². The Hall–Kier alpha value is -2.67. The molecule has 1 aliphatic carbocycles. The van der Waals surface area contributed by atoms with Crippen molar-refractivity contribution in [1.29, 1.82) is 0 Å². The Morgan fingerprint density at radius 1 is 1.38 bits per heavy atom. The Kier molecular flexibility index (Phi) is 4.24.